The van der Waals surface area contributed by atoms with Crippen LogP contribution in [-0.4, -0.2) is 5.11 Å². The van der Waals surface area contributed by atoms with E-state index in [2.05, 4.69) is 40.3 Å². The fourth-order valence-corrected chi connectivity index (χ4v) is 1.19. The molecular formula is C14H23NO. The Morgan fingerprint density at radius 1 is 1.19 bits per heavy atom. The van der Waals surface area contributed by atoms with E-state index in [0.29, 0.717) is 12.1 Å². The molecular weight excluding hydrogens is 198 g/mol. The Labute approximate surface area is 98.9 Å². The van der Waals surface area contributed by atoms with E-state index >= 15 is 0 Å². The molecule has 3 N–H and O–H groups in total. The first kappa shape index (κ1) is 14.6. The van der Waals surface area contributed by atoms with Gasteiger partial charge in [-0.15, -0.1) is 0 Å². The minimum Gasteiger partial charge on any atom is -0.510 e. The number of allylic oxidation sites excluding steroid dienone is 6. The van der Waals surface area contributed by atoms with Crippen molar-refractivity contribution in [2.75, 3.05) is 0 Å². The highest BCUT2D eigenvalue weighted by molar-refractivity contribution is 5.34. The van der Waals surface area contributed by atoms with Crippen LogP contribution in [0, 0.1) is 0 Å². The first-order valence-electron chi connectivity index (χ1n) is 5.42. The highest BCUT2D eigenvalue weighted by Gasteiger charge is 2.01. The van der Waals surface area contributed by atoms with Crippen molar-refractivity contribution < 1.29 is 5.11 Å². The summed E-state index contributed by atoms with van der Waals surface area (Å²) in [6.07, 6.45) is 2.75. The van der Waals surface area contributed by atoms with E-state index in [-0.39, 0.29) is 5.76 Å². The van der Waals surface area contributed by atoms with Gasteiger partial charge in [-0.25, -0.2) is 0 Å². The number of hydrogen-bond donors (Lipinski definition) is 2. The lowest BCUT2D eigenvalue weighted by molar-refractivity contribution is 0.407. The lowest BCUT2D eigenvalue weighted by atomic mass is 10.0. The van der Waals surface area contributed by atoms with Crippen LogP contribution >= 0.6 is 0 Å². The van der Waals surface area contributed by atoms with E-state index in [1.54, 1.807) is 6.92 Å². The van der Waals surface area contributed by atoms with Gasteiger partial charge in [-0.05, 0) is 52.2 Å². The number of rotatable bonds is 4. The molecule has 0 rings (SSSR count). The molecule has 0 aromatic rings. The highest BCUT2D eigenvalue weighted by Crippen LogP contribution is 2.17. The fraction of sp³-hybridized carbons (Fsp3) is 0.429. The quantitative estimate of drug-likeness (QED) is 0.557. The van der Waals surface area contributed by atoms with Gasteiger partial charge in [0.25, 0.3) is 0 Å². The summed E-state index contributed by atoms with van der Waals surface area (Å²) in [4.78, 5) is 0. The molecule has 0 spiro atoms. The van der Waals surface area contributed by atoms with Gasteiger partial charge in [0.2, 0.25) is 0 Å². The van der Waals surface area contributed by atoms with E-state index < -0.39 is 0 Å². The lowest BCUT2D eigenvalue weighted by Gasteiger charge is -2.07. The Kier molecular flexibility index (Phi) is 5.65. The van der Waals surface area contributed by atoms with Crippen molar-refractivity contribution in [3.8, 4) is 0 Å². The molecule has 2 heteroatoms. The third-order valence-electron chi connectivity index (χ3n) is 2.77. The Bertz CT molecular complexity index is 362. The second-order valence-corrected chi connectivity index (χ2v) is 4.32. The molecule has 0 amide bonds. The third-order valence-corrected chi connectivity index (χ3v) is 2.77. The van der Waals surface area contributed by atoms with Gasteiger partial charge in [-0.3, -0.25) is 0 Å². The highest BCUT2D eigenvalue weighted by atomic mass is 16.3. The number of aliphatic hydroxyl groups is 1. The SMILES string of the molecule is C=C(C/C=C(\C)C(C)=C(C)C)/C(N)=C(\C)O. The molecule has 0 aromatic heterocycles. The second kappa shape index (κ2) is 6.21. The Morgan fingerprint density at radius 2 is 1.69 bits per heavy atom. The van der Waals surface area contributed by atoms with Gasteiger partial charge in [0.05, 0.1) is 5.70 Å². The van der Waals surface area contributed by atoms with Gasteiger partial charge in [0.15, 0.2) is 0 Å². The van der Waals surface area contributed by atoms with Crippen molar-refractivity contribution in [2.45, 2.75) is 41.0 Å². The summed E-state index contributed by atoms with van der Waals surface area (Å²) in [6.45, 7) is 13.8. The molecule has 0 fully saturated rings. The predicted octanol–water partition coefficient (Wildman–Crippen LogP) is 3.98. The molecule has 0 aromatic carbocycles. The average Bonchev–Trinajstić information content (AvgIpc) is 2.22. The van der Waals surface area contributed by atoms with Crippen LogP contribution in [0.25, 0.3) is 0 Å². The van der Waals surface area contributed by atoms with Crippen LogP contribution in [0.1, 0.15) is 41.0 Å². The molecule has 0 saturated carbocycles. The minimum absolute atomic E-state index is 0.134. The number of aliphatic hydroxyl groups excluding tert-OH is 1. The zero-order chi connectivity index (χ0) is 12.9. The van der Waals surface area contributed by atoms with Crippen LogP contribution in [-0.2, 0) is 0 Å². The first-order valence-corrected chi connectivity index (χ1v) is 5.42. The van der Waals surface area contributed by atoms with Gasteiger partial charge >= 0.3 is 0 Å². The molecule has 0 heterocycles. The Morgan fingerprint density at radius 3 is 2.06 bits per heavy atom. The van der Waals surface area contributed by atoms with Gasteiger partial charge in [-0.1, -0.05) is 23.8 Å². The summed E-state index contributed by atoms with van der Waals surface area (Å²) in [5, 5.41) is 9.22. The molecule has 0 aliphatic heterocycles. The molecule has 0 bridgehead atoms. The van der Waals surface area contributed by atoms with Gasteiger partial charge in [-0.2, -0.15) is 0 Å². The fourth-order valence-electron chi connectivity index (χ4n) is 1.19. The van der Waals surface area contributed by atoms with Crippen LogP contribution in [0.5, 0.6) is 0 Å². The van der Waals surface area contributed by atoms with E-state index in [1.165, 1.54) is 16.7 Å². The maximum absolute atomic E-state index is 9.22. The Hall–Kier alpha value is -1.44. The van der Waals surface area contributed by atoms with E-state index in [4.69, 9.17) is 5.73 Å². The molecule has 0 saturated heterocycles. The van der Waals surface area contributed by atoms with Gasteiger partial charge in [0.1, 0.15) is 5.76 Å². The van der Waals surface area contributed by atoms with Crippen LogP contribution in [0.15, 0.2) is 46.4 Å². The van der Waals surface area contributed by atoms with Gasteiger partial charge < -0.3 is 10.8 Å². The van der Waals surface area contributed by atoms with Crippen LogP contribution in [0.3, 0.4) is 0 Å². The van der Waals surface area contributed by atoms with Crippen molar-refractivity contribution in [3.05, 3.63) is 46.4 Å². The smallest absolute Gasteiger partial charge is 0.112 e. The van der Waals surface area contributed by atoms with E-state index in [0.717, 1.165) is 5.57 Å². The number of hydrogen-bond acceptors (Lipinski definition) is 2. The standard InChI is InChI=1S/C14H23NO/c1-9(2)12(5)10(3)7-8-11(4)14(15)13(6)16/h7,16H,4,8,15H2,1-3,5-6H3/b10-7+,14-13-. The van der Waals surface area contributed by atoms with E-state index in [1.807, 2.05) is 0 Å². The summed E-state index contributed by atoms with van der Waals surface area (Å²) in [5.74, 6) is 0.134. The molecule has 0 atom stereocenters. The zero-order valence-electron chi connectivity index (χ0n) is 11.0. The second-order valence-electron chi connectivity index (χ2n) is 4.32. The summed E-state index contributed by atoms with van der Waals surface area (Å²) in [6, 6.07) is 0. The largest absolute Gasteiger partial charge is 0.510 e. The Balaban J connectivity index is 4.70. The molecule has 0 unspecified atom stereocenters. The van der Waals surface area contributed by atoms with Gasteiger partial charge in [0, 0.05) is 0 Å². The van der Waals surface area contributed by atoms with Crippen LogP contribution in [0.4, 0.5) is 0 Å². The summed E-state index contributed by atoms with van der Waals surface area (Å²) in [5.41, 5.74) is 10.6. The van der Waals surface area contributed by atoms with Crippen molar-refractivity contribution in [1.29, 1.82) is 0 Å². The van der Waals surface area contributed by atoms with Crippen molar-refractivity contribution >= 4 is 0 Å². The molecule has 0 aliphatic rings. The topological polar surface area (TPSA) is 46.2 Å². The third kappa shape index (κ3) is 4.39. The van der Waals surface area contributed by atoms with E-state index in [9.17, 15) is 5.11 Å². The monoisotopic (exact) mass is 221 g/mol. The minimum atomic E-state index is 0.134. The lowest BCUT2D eigenvalue weighted by Crippen LogP contribution is -2.03. The molecule has 2 nitrogen and oxygen atoms in total. The summed E-state index contributed by atoms with van der Waals surface area (Å²) >= 11 is 0. The molecule has 0 radical (unpaired) electrons. The maximum atomic E-state index is 9.22. The number of nitrogens with two attached hydrogens (primary N) is 1. The van der Waals surface area contributed by atoms with Crippen LogP contribution in [0.2, 0.25) is 0 Å². The predicted molar refractivity (Wildman–Crippen MR) is 71.1 cm³/mol. The van der Waals surface area contributed by atoms with Crippen LogP contribution < -0.4 is 5.73 Å². The van der Waals surface area contributed by atoms with Crippen molar-refractivity contribution in [3.63, 3.8) is 0 Å². The normalized spacial score (nSPS) is 13.2. The zero-order valence-corrected chi connectivity index (χ0v) is 11.0. The molecule has 90 valence electrons. The summed E-state index contributed by atoms with van der Waals surface area (Å²) < 4.78 is 0. The summed E-state index contributed by atoms with van der Waals surface area (Å²) in [7, 11) is 0. The maximum Gasteiger partial charge on any atom is 0.112 e. The van der Waals surface area contributed by atoms with Crippen molar-refractivity contribution in [1.82, 2.24) is 0 Å². The molecule has 16 heavy (non-hydrogen) atoms. The first-order chi connectivity index (χ1) is 7.27. The van der Waals surface area contributed by atoms with Crippen molar-refractivity contribution in [2.24, 2.45) is 5.73 Å². The molecule has 0 aliphatic carbocycles. The average molecular weight is 221 g/mol.